The van der Waals surface area contributed by atoms with Crippen molar-refractivity contribution in [3.05, 3.63) is 29.8 Å². The number of sulfonamides is 1. The van der Waals surface area contributed by atoms with Crippen LogP contribution < -0.4 is 5.32 Å². The van der Waals surface area contributed by atoms with Gasteiger partial charge in [-0.2, -0.15) is 4.31 Å². The summed E-state index contributed by atoms with van der Waals surface area (Å²) < 4.78 is 27.0. The van der Waals surface area contributed by atoms with Crippen LogP contribution in [0.15, 0.2) is 34.3 Å². The maximum absolute atomic E-state index is 12.8. The number of hydrogen-bond donors (Lipinski definition) is 1. The maximum atomic E-state index is 12.8. The Hall–Kier alpha value is -1.93. The van der Waals surface area contributed by atoms with Crippen LogP contribution in [0.1, 0.15) is 25.3 Å². The van der Waals surface area contributed by atoms with Gasteiger partial charge in [0.25, 0.3) is 5.91 Å². The lowest BCUT2D eigenvalue weighted by molar-refractivity contribution is -0.114. The number of nitrogens with one attached hydrogen (secondary N) is 1. The van der Waals surface area contributed by atoms with E-state index in [-0.39, 0.29) is 17.3 Å². The Morgan fingerprint density at radius 1 is 1.38 bits per heavy atom. The van der Waals surface area contributed by atoms with E-state index < -0.39 is 15.6 Å². The Labute approximate surface area is 141 Å². The summed E-state index contributed by atoms with van der Waals surface area (Å²) in [7, 11) is -2.04. The zero-order valence-corrected chi connectivity index (χ0v) is 14.6. The first kappa shape index (κ1) is 16.9. The molecule has 0 aromatic heterocycles. The molecule has 0 unspecified atom stereocenters. The second-order valence-corrected chi connectivity index (χ2v) is 8.09. The van der Waals surface area contributed by atoms with Gasteiger partial charge in [-0.1, -0.05) is 24.2 Å². The summed E-state index contributed by atoms with van der Waals surface area (Å²) in [4.78, 5) is 17.4. The molecule has 1 aromatic rings. The van der Waals surface area contributed by atoms with E-state index in [0.717, 1.165) is 12.0 Å². The van der Waals surface area contributed by atoms with Gasteiger partial charge in [-0.05, 0) is 24.1 Å². The number of hydrogen-bond acceptors (Lipinski definition) is 5. The van der Waals surface area contributed by atoms with Crippen molar-refractivity contribution in [1.82, 2.24) is 9.62 Å². The summed E-state index contributed by atoms with van der Waals surface area (Å²) in [6.07, 6.45) is 1.71. The molecule has 0 aliphatic carbocycles. The average Bonchev–Trinajstić information content (AvgIpc) is 3.22. The molecular formula is C16H21N3O4S. The molecule has 2 heterocycles. The van der Waals surface area contributed by atoms with Crippen molar-refractivity contribution in [1.29, 1.82) is 0 Å². The third-order valence-electron chi connectivity index (χ3n) is 4.58. The van der Waals surface area contributed by atoms with Crippen molar-refractivity contribution < 1.29 is 18.0 Å². The predicted molar refractivity (Wildman–Crippen MR) is 89.1 cm³/mol. The van der Waals surface area contributed by atoms with E-state index in [2.05, 4.69) is 10.5 Å². The molecule has 1 aromatic carbocycles. The maximum Gasteiger partial charge on any atom is 0.268 e. The number of oxime groups is 1. The third kappa shape index (κ3) is 2.91. The quantitative estimate of drug-likeness (QED) is 0.873. The molecular weight excluding hydrogens is 330 g/mol. The summed E-state index contributed by atoms with van der Waals surface area (Å²) in [5.41, 5.74) is 0.678. The lowest BCUT2D eigenvalue weighted by atomic mass is 9.96. The monoisotopic (exact) mass is 351 g/mol. The molecule has 1 saturated heterocycles. The van der Waals surface area contributed by atoms with Gasteiger partial charge in [0.15, 0.2) is 5.60 Å². The Morgan fingerprint density at radius 2 is 2.08 bits per heavy atom. The van der Waals surface area contributed by atoms with E-state index in [1.54, 1.807) is 12.1 Å². The molecule has 1 spiro atoms. The Balaban J connectivity index is 1.74. The molecule has 3 rings (SSSR count). The fourth-order valence-electron chi connectivity index (χ4n) is 3.07. The van der Waals surface area contributed by atoms with E-state index in [1.807, 2.05) is 19.1 Å². The van der Waals surface area contributed by atoms with Gasteiger partial charge in [-0.15, -0.1) is 0 Å². The van der Waals surface area contributed by atoms with Crippen LogP contribution in [0.2, 0.25) is 0 Å². The number of amides is 1. The molecule has 0 radical (unpaired) electrons. The molecule has 1 atom stereocenters. The summed E-state index contributed by atoms with van der Waals surface area (Å²) >= 11 is 0. The van der Waals surface area contributed by atoms with Gasteiger partial charge in [0.2, 0.25) is 10.0 Å². The highest BCUT2D eigenvalue weighted by molar-refractivity contribution is 7.89. The van der Waals surface area contributed by atoms with Crippen LogP contribution in [0.25, 0.3) is 0 Å². The molecule has 7 nitrogen and oxygen atoms in total. The fraction of sp³-hybridized carbons (Fsp3) is 0.500. The van der Waals surface area contributed by atoms with E-state index in [4.69, 9.17) is 4.84 Å². The highest BCUT2D eigenvalue weighted by Gasteiger charge is 2.49. The first-order valence-corrected chi connectivity index (χ1v) is 9.40. The predicted octanol–water partition coefficient (Wildman–Crippen LogP) is 0.905. The molecule has 2 aliphatic rings. The molecule has 130 valence electrons. The summed E-state index contributed by atoms with van der Waals surface area (Å²) in [5.74, 6) is -0.289. The van der Waals surface area contributed by atoms with Gasteiger partial charge in [0.05, 0.1) is 11.4 Å². The van der Waals surface area contributed by atoms with Gasteiger partial charge in [0.1, 0.15) is 5.71 Å². The first-order chi connectivity index (χ1) is 11.4. The van der Waals surface area contributed by atoms with Crippen molar-refractivity contribution in [2.24, 2.45) is 5.16 Å². The number of nitrogens with zero attached hydrogens (tertiary/aromatic N) is 2. The molecule has 1 amide bonds. The molecule has 1 N–H and O–H groups in total. The highest BCUT2D eigenvalue weighted by atomic mass is 32.2. The van der Waals surface area contributed by atoms with Crippen LogP contribution >= 0.6 is 0 Å². The lowest BCUT2D eigenvalue weighted by Gasteiger charge is -2.21. The smallest absolute Gasteiger partial charge is 0.268 e. The van der Waals surface area contributed by atoms with E-state index in [0.29, 0.717) is 25.1 Å². The SMILES string of the molecule is CCc1ccc(S(=O)(=O)N2CC[C@@]3(CC(C(=O)NC)=NO3)C2)cc1. The van der Waals surface area contributed by atoms with Gasteiger partial charge in [-0.3, -0.25) is 4.79 Å². The molecule has 0 bridgehead atoms. The van der Waals surface area contributed by atoms with E-state index in [9.17, 15) is 13.2 Å². The number of benzene rings is 1. The summed E-state index contributed by atoms with van der Waals surface area (Å²) in [6, 6.07) is 6.94. The van der Waals surface area contributed by atoms with Crippen LogP contribution in [0, 0.1) is 0 Å². The van der Waals surface area contributed by atoms with E-state index in [1.165, 1.54) is 11.4 Å². The van der Waals surface area contributed by atoms with Crippen molar-refractivity contribution in [3.8, 4) is 0 Å². The minimum atomic E-state index is -3.57. The van der Waals surface area contributed by atoms with E-state index >= 15 is 0 Å². The molecule has 0 saturated carbocycles. The third-order valence-corrected chi connectivity index (χ3v) is 6.44. The second kappa shape index (κ2) is 6.18. The minimum Gasteiger partial charge on any atom is -0.387 e. The van der Waals surface area contributed by atoms with Gasteiger partial charge >= 0.3 is 0 Å². The molecule has 24 heavy (non-hydrogen) atoms. The number of carbonyl (C=O) groups is 1. The van der Waals surface area contributed by atoms with Crippen molar-refractivity contribution in [2.45, 2.75) is 36.7 Å². The second-order valence-electron chi connectivity index (χ2n) is 6.15. The first-order valence-electron chi connectivity index (χ1n) is 7.96. The molecule has 1 fully saturated rings. The Kier molecular flexibility index (Phi) is 4.35. The zero-order valence-electron chi connectivity index (χ0n) is 13.8. The van der Waals surface area contributed by atoms with Crippen LogP contribution in [0.3, 0.4) is 0 Å². The van der Waals surface area contributed by atoms with Gasteiger partial charge in [0, 0.05) is 26.4 Å². The Bertz CT molecular complexity index is 773. The average molecular weight is 351 g/mol. The molecule has 2 aliphatic heterocycles. The minimum absolute atomic E-state index is 0.203. The summed E-state index contributed by atoms with van der Waals surface area (Å²) in [6.45, 7) is 2.58. The largest absolute Gasteiger partial charge is 0.387 e. The van der Waals surface area contributed by atoms with Crippen LogP contribution in [0.5, 0.6) is 0 Å². The van der Waals surface area contributed by atoms with Crippen molar-refractivity contribution in [3.63, 3.8) is 0 Å². The normalized spacial score (nSPS) is 24.0. The zero-order chi connectivity index (χ0) is 17.4. The fourth-order valence-corrected chi connectivity index (χ4v) is 4.58. The van der Waals surface area contributed by atoms with Crippen molar-refractivity contribution in [2.75, 3.05) is 20.1 Å². The Morgan fingerprint density at radius 3 is 2.71 bits per heavy atom. The number of carbonyl (C=O) groups excluding carboxylic acids is 1. The molecule has 8 heteroatoms. The summed E-state index contributed by atoms with van der Waals surface area (Å²) in [5, 5.41) is 6.35. The lowest BCUT2D eigenvalue weighted by Crippen LogP contribution is -2.38. The number of aryl methyl sites for hydroxylation is 1. The van der Waals surface area contributed by atoms with Gasteiger partial charge in [-0.25, -0.2) is 8.42 Å². The number of rotatable bonds is 4. The van der Waals surface area contributed by atoms with Crippen molar-refractivity contribution >= 4 is 21.6 Å². The standard InChI is InChI=1S/C16H21N3O4S/c1-3-12-4-6-13(7-5-12)24(21,22)19-9-8-16(11-19)10-14(18-23-16)15(20)17-2/h4-7H,3,8-11H2,1-2H3,(H,17,20)/t16-/m1/s1. The van der Waals surface area contributed by atoms with Crippen LogP contribution in [-0.4, -0.2) is 50.1 Å². The highest BCUT2D eigenvalue weighted by Crippen LogP contribution is 2.36. The topological polar surface area (TPSA) is 88.1 Å². The van der Waals surface area contributed by atoms with Gasteiger partial charge < -0.3 is 10.2 Å². The van der Waals surface area contributed by atoms with Crippen LogP contribution in [-0.2, 0) is 26.1 Å². The van der Waals surface area contributed by atoms with Crippen LogP contribution in [0.4, 0.5) is 0 Å².